The molecule has 0 heterocycles. The molecule has 0 radical (unpaired) electrons. The van der Waals surface area contributed by atoms with Crippen LogP contribution in [-0.2, 0) is 6.42 Å². The maximum atomic E-state index is 6.31. The molecule has 0 aromatic heterocycles. The quantitative estimate of drug-likeness (QED) is 0.883. The van der Waals surface area contributed by atoms with E-state index in [1.807, 2.05) is 12.1 Å². The Hall–Kier alpha value is -0.700. The number of hydrogen-bond acceptors (Lipinski definition) is 2. The van der Waals surface area contributed by atoms with Gasteiger partial charge in [0, 0.05) is 17.1 Å². The zero-order chi connectivity index (χ0) is 13.2. The molecule has 0 amide bonds. The first kappa shape index (κ1) is 15.7. The summed E-state index contributed by atoms with van der Waals surface area (Å²) in [6.07, 6.45) is 7.16. The molecule has 0 saturated heterocycles. The minimum Gasteiger partial charge on any atom is -0.496 e. The Morgan fingerprint density at radius 1 is 1.30 bits per heavy atom. The van der Waals surface area contributed by atoms with Crippen molar-refractivity contribution in [1.82, 2.24) is 5.32 Å². The van der Waals surface area contributed by atoms with Gasteiger partial charge in [-0.05, 0) is 55.8 Å². The third kappa shape index (κ3) is 3.49. The van der Waals surface area contributed by atoms with Crippen molar-refractivity contribution >= 4 is 30.1 Å². The smallest absolute Gasteiger partial charge is 0.122 e. The Bertz CT molecular complexity index is 509. The predicted molar refractivity (Wildman–Crippen MR) is 87.1 cm³/mol. The number of nitrogens with one attached hydrogen (secondary N) is 1. The molecule has 3 rings (SSSR count). The van der Waals surface area contributed by atoms with Crippen LogP contribution in [0, 0.1) is 5.92 Å². The van der Waals surface area contributed by atoms with Crippen molar-refractivity contribution in [3.8, 4) is 5.75 Å². The summed E-state index contributed by atoms with van der Waals surface area (Å²) in [4.78, 5) is 0. The molecule has 1 fully saturated rings. The molecular weight excluding hydrogens is 293 g/mol. The molecule has 2 aliphatic carbocycles. The third-order valence-electron chi connectivity index (χ3n) is 4.01. The van der Waals surface area contributed by atoms with Gasteiger partial charge in [-0.2, -0.15) is 0 Å². The lowest BCUT2D eigenvalue weighted by Crippen LogP contribution is -2.21. The maximum Gasteiger partial charge on any atom is 0.122 e. The zero-order valence-electron chi connectivity index (χ0n) is 11.7. The van der Waals surface area contributed by atoms with Gasteiger partial charge < -0.3 is 10.1 Å². The van der Waals surface area contributed by atoms with E-state index >= 15 is 0 Å². The number of fused-ring (bicyclic) bond motifs is 1. The van der Waals surface area contributed by atoms with E-state index < -0.39 is 0 Å². The van der Waals surface area contributed by atoms with Gasteiger partial charge in [0.15, 0.2) is 0 Å². The predicted octanol–water partition coefficient (Wildman–Crippen LogP) is 4.10. The molecule has 0 spiro atoms. The summed E-state index contributed by atoms with van der Waals surface area (Å²) in [5.74, 6) is 1.89. The first-order valence-corrected chi connectivity index (χ1v) is 7.41. The zero-order valence-corrected chi connectivity index (χ0v) is 13.3. The number of benzene rings is 1. The molecule has 1 aromatic rings. The maximum absolute atomic E-state index is 6.31. The fourth-order valence-electron chi connectivity index (χ4n) is 2.68. The SMILES string of the molecule is COc1ccc(Cl)c2c1CCC(CNCC1CC1)=C2.Cl. The van der Waals surface area contributed by atoms with Crippen LogP contribution in [0.2, 0.25) is 5.02 Å². The second-order valence-electron chi connectivity index (χ2n) is 5.52. The lowest BCUT2D eigenvalue weighted by Gasteiger charge is -2.20. The fourth-order valence-corrected chi connectivity index (χ4v) is 2.91. The van der Waals surface area contributed by atoms with Crippen molar-refractivity contribution in [1.29, 1.82) is 0 Å². The van der Waals surface area contributed by atoms with Gasteiger partial charge in [-0.15, -0.1) is 12.4 Å². The molecule has 0 bridgehead atoms. The summed E-state index contributed by atoms with van der Waals surface area (Å²) in [7, 11) is 1.72. The molecular formula is C16H21Cl2NO. The van der Waals surface area contributed by atoms with E-state index in [0.717, 1.165) is 48.2 Å². The van der Waals surface area contributed by atoms with Gasteiger partial charge in [-0.3, -0.25) is 0 Å². The monoisotopic (exact) mass is 313 g/mol. The molecule has 0 aliphatic heterocycles. The standard InChI is InChI=1S/C16H20ClNO.ClH/c1-19-16-7-6-15(17)14-8-12(4-5-13(14)16)10-18-9-11-2-3-11;/h6-8,11,18H,2-5,9-10H2,1H3;1H. The van der Waals surface area contributed by atoms with Crippen molar-refractivity contribution in [3.05, 3.63) is 33.9 Å². The van der Waals surface area contributed by atoms with E-state index in [0.29, 0.717) is 0 Å². The summed E-state index contributed by atoms with van der Waals surface area (Å²) in [5.41, 5.74) is 3.85. The van der Waals surface area contributed by atoms with E-state index in [2.05, 4.69) is 11.4 Å². The molecule has 1 saturated carbocycles. The molecule has 0 atom stereocenters. The van der Waals surface area contributed by atoms with Gasteiger partial charge >= 0.3 is 0 Å². The van der Waals surface area contributed by atoms with Gasteiger partial charge in [0.05, 0.1) is 7.11 Å². The number of hydrogen-bond donors (Lipinski definition) is 1. The van der Waals surface area contributed by atoms with Gasteiger partial charge in [0.1, 0.15) is 5.75 Å². The molecule has 1 aromatic carbocycles. The summed E-state index contributed by atoms with van der Waals surface area (Å²) in [6.45, 7) is 2.15. The number of halogens is 2. The van der Waals surface area contributed by atoms with E-state index in [1.165, 1.54) is 24.0 Å². The first-order chi connectivity index (χ1) is 9.28. The minimum absolute atomic E-state index is 0. The Balaban J connectivity index is 0.00000147. The Morgan fingerprint density at radius 3 is 2.80 bits per heavy atom. The average Bonchev–Trinajstić information content (AvgIpc) is 3.24. The van der Waals surface area contributed by atoms with Crippen LogP contribution in [0.4, 0.5) is 0 Å². The normalized spacial score (nSPS) is 17.0. The fraction of sp³-hybridized carbons (Fsp3) is 0.500. The first-order valence-electron chi connectivity index (χ1n) is 7.03. The highest BCUT2D eigenvalue weighted by atomic mass is 35.5. The molecule has 2 aliphatic rings. The van der Waals surface area contributed by atoms with Crippen molar-refractivity contribution in [3.63, 3.8) is 0 Å². The molecule has 0 unspecified atom stereocenters. The van der Waals surface area contributed by atoms with Crippen LogP contribution < -0.4 is 10.1 Å². The Kier molecular flexibility index (Phi) is 5.36. The van der Waals surface area contributed by atoms with Crippen LogP contribution in [0.5, 0.6) is 5.75 Å². The number of rotatable bonds is 5. The van der Waals surface area contributed by atoms with E-state index in [4.69, 9.17) is 16.3 Å². The lowest BCUT2D eigenvalue weighted by atomic mass is 9.91. The Labute approximate surface area is 131 Å². The van der Waals surface area contributed by atoms with Crippen LogP contribution in [0.1, 0.15) is 30.4 Å². The van der Waals surface area contributed by atoms with E-state index in [1.54, 1.807) is 7.11 Å². The Morgan fingerprint density at radius 2 is 2.10 bits per heavy atom. The van der Waals surface area contributed by atoms with Crippen molar-refractivity contribution in [2.24, 2.45) is 5.92 Å². The van der Waals surface area contributed by atoms with E-state index in [9.17, 15) is 0 Å². The van der Waals surface area contributed by atoms with Crippen LogP contribution in [0.15, 0.2) is 17.7 Å². The largest absolute Gasteiger partial charge is 0.496 e. The van der Waals surface area contributed by atoms with Gasteiger partial charge in [-0.1, -0.05) is 23.3 Å². The van der Waals surface area contributed by atoms with Crippen molar-refractivity contribution in [2.45, 2.75) is 25.7 Å². The summed E-state index contributed by atoms with van der Waals surface area (Å²) >= 11 is 6.31. The van der Waals surface area contributed by atoms with Crippen molar-refractivity contribution in [2.75, 3.05) is 20.2 Å². The number of ether oxygens (including phenoxy) is 1. The molecule has 2 nitrogen and oxygen atoms in total. The minimum atomic E-state index is 0. The molecule has 20 heavy (non-hydrogen) atoms. The highest BCUT2D eigenvalue weighted by Gasteiger charge is 2.21. The van der Waals surface area contributed by atoms with Gasteiger partial charge in [0.25, 0.3) is 0 Å². The van der Waals surface area contributed by atoms with Gasteiger partial charge in [0.2, 0.25) is 0 Å². The summed E-state index contributed by atoms with van der Waals surface area (Å²) in [6, 6.07) is 3.89. The third-order valence-corrected chi connectivity index (χ3v) is 4.34. The van der Waals surface area contributed by atoms with Crippen LogP contribution in [0.25, 0.3) is 6.08 Å². The molecule has 4 heteroatoms. The van der Waals surface area contributed by atoms with Crippen LogP contribution >= 0.6 is 24.0 Å². The lowest BCUT2D eigenvalue weighted by molar-refractivity contribution is 0.409. The second kappa shape index (κ2) is 6.84. The number of methoxy groups -OCH3 is 1. The topological polar surface area (TPSA) is 21.3 Å². The average molecular weight is 314 g/mol. The molecule has 1 N–H and O–H groups in total. The van der Waals surface area contributed by atoms with Crippen LogP contribution in [0.3, 0.4) is 0 Å². The van der Waals surface area contributed by atoms with Gasteiger partial charge in [-0.25, -0.2) is 0 Å². The highest BCUT2D eigenvalue weighted by Crippen LogP contribution is 2.35. The second-order valence-corrected chi connectivity index (χ2v) is 5.93. The van der Waals surface area contributed by atoms with Crippen molar-refractivity contribution < 1.29 is 4.74 Å². The van der Waals surface area contributed by atoms with Crippen LogP contribution in [-0.4, -0.2) is 20.2 Å². The summed E-state index contributed by atoms with van der Waals surface area (Å²) in [5, 5.41) is 4.38. The summed E-state index contributed by atoms with van der Waals surface area (Å²) < 4.78 is 5.42. The highest BCUT2D eigenvalue weighted by molar-refractivity contribution is 6.32. The molecule has 110 valence electrons. The van der Waals surface area contributed by atoms with E-state index in [-0.39, 0.29) is 12.4 Å².